The Labute approximate surface area is 384 Å². The average Bonchev–Trinajstić information content (AvgIpc) is 3.26. The van der Waals surface area contributed by atoms with Gasteiger partial charge in [0.25, 0.3) is 0 Å². The number of ether oxygens (including phenoxy) is 1. The van der Waals surface area contributed by atoms with Gasteiger partial charge in [0, 0.05) is 12.8 Å². The number of phosphoric ester groups is 1. The van der Waals surface area contributed by atoms with Crippen molar-refractivity contribution in [3.63, 3.8) is 0 Å². The van der Waals surface area contributed by atoms with Crippen LogP contribution in [0.15, 0.2) is 36.5 Å². The molecule has 4 N–H and O–H groups in total. The quantitative estimate of drug-likeness (QED) is 0.0199. The molecule has 0 aliphatic heterocycles. The lowest BCUT2D eigenvalue weighted by molar-refractivity contribution is -0.147. The molecule has 1 amide bonds. The molecule has 0 heterocycles. The molecule has 0 saturated heterocycles. The monoisotopic (exact) mass is 912 g/mol. The van der Waals surface area contributed by atoms with Crippen molar-refractivity contribution in [1.82, 2.24) is 5.32 Å². The van der Waals surface area contributed by atoms with Gasteiger partial charge in [0.15, 0.2) is 6.04 Å². The summed E-state index contributed by atoms with van der Waals surface area (Å²) in [6, 6.07) is -1.56. The SMILES string of the molecule is CC/C=C\C/C=C\C/C=C\CCCCCCCC(=O)NC(COP(=O)(O)OCC(O)COC(=O)CCCCCCCCCCCCCCCCCCCCCCCCCC)C(=O)O. The van der Waals surface area contributed by atoms with Crippen molar-refractivity contribution in [3.05, 3.63) is 36.5 Å². The molecule has 0 radical (unpaired) electrons. The highest BCUT2D eigenvalue weighted by molar-refractivity contribution is 7.47. The number of aliphatic carboxylic acids is 1. The van der Waals surface area contributed by atoms with Gasteiger partial charge in [-0.15, -0.1) is 0 Å². The van der Waals surface area contributed by atoms with Crippen LogP contribution < -0.4 is 5.32 Å². The standard InChI is InChI=1S/C51H94NO10P/c1-3-5-7-9-11-13-15-17-19-20-21-22-23-24-25-26-27-29-31-33-35-37-39-41-43-50(55)60-44-47(53)45-61-63(58,59)62-46-48(51(56)57)52-49(54)42-40-38-36-34-32-30-28-18-16-14-12-10-8-6-4-2/h6,8,12,14,18,28,47-48,53H,3-5,7,9-11,13,15-17,19-27,29-46H2,1-2H3,(H,52,54)(H,56,57)(H,58,59)/b8-6-,14-12-,28-18-. The fraction of sp³-hybridized carbons (Fsp3) is 0.824. The summed E-state index contributed by atoms with van der Waals surface area (Å²) in [5.41, 5.74) is 0. The number of phosphoric acid groups is 1. The largest absolute Gasteiger partial charge is 0.480 e. The van der Waals surface area contributed by atoms with E-state index in [1.807, 2.05) is 0 Å². The third-order valence-electron chi connectivity index (χ3n) is 11.2. The zero-order chi connectivity index (χ0) is 46.3. The van der Waals surface area contributed by atoms with Gasteiger partial charge in [0.2, 0.25) is 5.91 Å². The molecule has 0 aliphatic rings. The summed E-state index contributed by atoms with van der Waals surface area (Å²) in [7, 11) is -4.76. The summed E-state index contributed by atoms with van der Waals surface area (Å²) in [6.07, 6.45) is 51.8. The molecular weight excluding hydrogens is 818 g/mol. The first-order valence-electron chi connectivity index (χ1n) is 25.5. The average molecular weight is 912 g/mol. The van der Waals surface area contributed by atoms with Crippen molar-refractivity contribution in [2.45, 2.75) is 251 Å². The van der Waals surface area contributed by atoms with E-state index in [4.69, 9.17) is 13.8 Å². The van der Waals surface area contributed by atoms with E-state index in [0.717, 1.165) is 70.6 Å². The number of carbonyl (C=O) groups excluding carboxylic acids is 2. The Kier molecular flexibility index (Phi) is 44.5. The summed E-state index contributed by atoms with van der Waals surface area (Å²) >= 11 is 0. The second-order valence-electron chi connectivity index (χ2n) is 17.3. The number of carboxylic acid groups (broad SMARTS) is 1. The van der Waals surface area contributed by atoms with E-state index in [1.165, 1.54) is 128 Å². The van der Waals surface area contributed by atoms with Crippen LogP contribution >= 0.6 is 7.82 Å². The van der Waals surface area contributed by atoms with Crippen molar-refractivity contribution >= 4 is 25.7 Å². The molecule has 3 atom stereocenters. The van der Waals surface area contributed by atoms with Gasteiger partial charge in [-0.1, -0.05) is 217 Å². The number of carboxylic acids is 1. The second-order valence-corrected chi connectivity index (χ2v) is 18.8. The van der Waals surface area contributed by atoms with Crippen LogP contribution in [0.4, 0.5) is 0 Å². The van der Waals surface area contributed by atoms with E-state index in [2.05, 4.69) is 55.6 Å². The van der Waals surface area contributed by atoms with Gasteiger partial charge in [0.1, 0.15) is 12.7 Å². The first kappa shape index (κ1) is 60.7. The van der Waals surface area contributed by atoms with Crippen LogP contribution in [0.1, 0.15) is 239 Å². The lowest BCUT2D eigenvalue weighted by atomic mass is 10.0. The Morgan fingerprint density at radius 1 is 0.524 bits per heavy atom. The fourth-order valence-electron chi connectivity index (χ4n) is 7.27. The number of amides is 1. The van der Waals surface area contributed by atoms with Crippen LogP contribution in [0.5, 0.6) is 0 Å². The van der Waals surface area contributed by atoms with Gasteiger partial charge in [0.05, 0.1) is 13.2 Å². The van der Waals surface area contributed by atoms with E-state index in [-0.39, 0.29) is 12.8 Å². The molecule has 0 aliphatic carbocycles. The van der Waals surface area contributed by atoms with Gasteiger partial charge in [-0.3, -0.25) is 18.6 Å². The molecule has 0 fully saturated rings. The normalized spacial score (nSPS) is 13.8. The van der Waals surface area contributed by atoms with Crippen molar-refractivity contribution in [3.8, 4) is 0 Å². The predicted octanol–water partition coefficient (Wildman–Crippen LogP) is 14.0. The number of hydrogen-bond acceptors (Lipinski definition) is 8. The molecule has 3 unspecified atom stereocenters. The molecular formula is C51H94NO10P. The van der Waals surface area contributed by atoms with Crippen LogP contribution in [-0.2, 0) is 32.7 Å². The summed E-state index contributed by atoms with van der Waals surface area (Å²) in [6.45, 7) is 2.50. The second kappa shape index (κ2) is 46.2. The molecule has 0 aromatic carbocycles. The predicted molar refractivity (Wildman–Crippen MR) is 259 cm³/mol. The summed E-state index contributed by atoms with van der Waals surface area (Å²) < 4.78 is 26.9. The molecule has 12 heteroatoms. The van der Waals surface area contributed by atoms with Gasteiger partial charge in [-0.25, -0.2) is 9.36 Å². The van der Waals surface area contributed by atoms with E-state index < -0.39 is 57.6 Å². The summed E-state index contributed by atoms with van der Waals surface area (Å²) in [5, 5.41) is 21.9. The molecule has 0 bridgehead atoms. The van der Waals surface area contributed by atoms with Crippen LogP contribution in [-0.4, -0.2) is 64.9 Å². The number of aliphatic hydroxyl groups is 1. The molecule has 11 nitrogen and oxygen atoms in total. The van der Waals surface area contributed by atoms with Crippen molar-refractivity contribution in [1.29, 1.82) is 0 Å². The number of rotatable bonds is 48. The lowest BCUT2D eigenvalue weighted by Crippen LogP contribution is -2.43. The highest BCUT2D eigenvalue weighted by Gasteiger charge is 2.28. The summed E-state index contributed by atoms with van der Waals surface area (Å²) in [5.74, 6) is -2.39. The maximum absolute atomic E-state index is 12.3. The van der Waals surface area contributed by atoms with Gasteiger partial charge < -0.3 is 25.2 Å². The number of allylic oxidation sites excluding steroid dienone is 6. The van der Waals surface area contributed by atoms with E-state index in [0.29, 0.717) is 12.8 Å². The topological polar surface area (TPSA) is 169 Å². The highest BCUT2D eigenvalue weighted by Crippen LogP contribution is 2.43. The van der Waals surface area contributed by atoms with Crippen molar-refractivity contribution in [2.75, 3.05) is 19.8 Å². The highest BCUT2D eigenvalue weighted by atomic mass is 31.2. The maximum atomic E-state index is 12.3. The van der Waals surface area contributed by atoms with Crippen molar-refractivity contribution in [2.24, 2.45) is 0 Å². The smallest absolute Gasteiger partial charge is 0.472 e. The van der Waals surface area contributed by atoms with E-state index in [9.17, 15) is 34.1 Å². The first-order chi connectivity index (χ1) is 30.6. The molecule has 0 spiro atoms. The number of carbonyl (C=O) groups is 3. The Morgan fingerprint density at radius 3 is 1.38 bits per heavy atom. The third-order valence-corrected chi connectivity index (χ3v) is 12.1. The Hall–Kier alpha value is -2.30. The van der Waals surface area contributed by atoms with Crippen molar-refractivity contribution < 1.29 is 47.8 Å². The maximum Gasteiger partial charge on any atom is 0.472 e. The molecule has 63 heavy (non-hydrogen) atoms. The Bertz CT molecular complexity index is 1210. The molecule has 0 aromatic heterocycles. The molecule has 368 valence electrons. The molecule has 0 aromatic rings. The lowest BCUT2D eigenvalue weighted by Gasteiger charge is -2.18. The molecule has 0 rings (SSSR count). The minimum absolute atomic E-state index is 0.126. The van der Waals surface area contributed by atoms with Gasteiger partial charge >= 0.3 is 19.8 Å². The zero-order valence-electron chi connectivity index (χ0n) is 40.1. The first-order valence-corrected chi connectivity index (χ1v) is 27.0. The van der Waals surface area contributed by atoms with Crippen LogP contribution in [0.25, 0.3) is 0 Å². The number of aliphatic hydroxyl groups excluding tert-OH is 1. The van der Waals surface area contributed by atoms with Gasteiger partial charge in [-0.2, -0.15) is 0 Å². The summed E-state index contributed by atoms with van der Waals surface area (Å²) in [4.78, 5) is 46.0. The molecule has 0 saturated carbocycles. The minimum Gasteiger partial charge on any atom is -0.480 e. The third kappa shape index (κ3) is 46.0. The van der Waals surface area contributed by atoms with E-state index in [1.54, 1.807) is 0 Å². The minimum atomic E-state index is -4.76. The Balaban J connectivity index is 3.77. The Morgan fingerprint density at radius 2 is 0.921 bits per heavy atom. The van der Waals surface area contributed by atoms with Crippen LogP contribution in [0.2, 0.25) is 0 Å². The van der Waals surface area contributed by atoms with Gasteiger partial charge in [-0.05, 0) is 44.9 Å². The van der Waals surface area contributed by atoms with Crippen LogP contribution in [0, 0.1) is 0 Å². The number of esters is 1. The van der Waals surface area contributed by atoms with Crippen LogP contribution in [0.3, 0.4) is 0 Å². The number of unbranched alkanes of at least 4 members (excludes halogenated alkanes) is 28. The fourth-order valence-corrected chi connectivity index (χ4v) is 8.05. The number of hydrogen-bond donors (Lipinski definition) is 4. The number of nitrogens with one attached hydrogen (secondary N) is 1. The van der Waals surface area contributed by atoms with E-state index >= 15 is 0 Å². The zero-order valence-corrected chi connectivity index (χ0v) is 41.0.